The molecule has 0 amide bonds. The molecule has 0 N–H and O–H groups in total. The zero-order valence-electron chi connectivity index (χ0n) is 2.67. The van der Waals surface area contributed by atoms with Crippen molar-refractivity contribution in [2.24, 2.45) is 0 Å². The molecule has 6 heavy (non-hydrogen) atoms. The maximum absolute atomic E-state index is 8.25. The average molecular weight is 115 g/mol. The molecule has 0 fully saturated rings. The van der Waals surface area contributed by atoms with Crippen molar-refractivity contribution in [3.8, 4) is 0 Å². The minimum atomic E-state index is -1.75. The molecule has 0 heterocycles. The van der Waals surface area contributed by atoms with Gasteiger partial charge in [-0.2, -0.15) is 0 Å². The van der Waals surface area contributed by atoms with Gasteiger partial charge < -0.3 is 15.3 Å². The molecule has 0 aliphatic carbocycles. The van der Waals surface area contributed by atoms with E-state index in [1.165, 1.54) is 0 Å². The minimum Gasteiger partial charge on any atom is -0.356 e. The smallest absolute Gasteiger partial charge is 0.356 e. The third-order valence-corrected chi connectivity index (χ3v) is 0. The Labute approximate surface area is 67.1 Å². The molecule has 0 radical (unpaired) electrons. The van der Waals surface area contributed by atoms with Crippen molar-refractivity contribution >= 4 is 17.4 Å². The van der Waals surface area contributed by atoms with Crippen LogP contribution in [0.2, 0.25) is 0 Å². The van der Waals surface area contributed by atoms with Gasteiger partial charge in [-0.05, 0) is 0 Å². The SMILES string of the molecule is O=[N+]([O-])[O-].[AlH3].[Na+]. The summed E-state index contributed by atoms with van der Waals surface area (Å²) in [6.45, 7) is 0. The van der Waals surface area contributed by atoms with E-state index in [1.54, 1.807) is 0 Å². The molecule has 6 heteroatoms. The molecule has 4 nitrogen and oxygen atoms in total. The first-order valence-electron chi connectivity index (χ1n) is 0.548. The number of nitrogens with zero attached hydrogens (tertiary/aromatic N) is 1. The summed E-state index contributed by atoms with van der Waals surface area (Å²) in [6, 6.07) is 0. The Morgan fingerprint density at radius 1 is 1.33 bits per heavy atom. The second-order valence-corrected chi connectivity index (χ2v) is 0.224. The van der Waals surface area contributed by atoms with Crippen LogP contribution in [0.3, 0.4) is 0 Å². The quantitative estimate of drug-likeness (QED) is 0.182. The molecule has 0 aromatic rings. The molecule has 0 saturated carbocycles. The summed E-state index contributed by atoms with van der Waals surface area (Å²) >= 11 is 0. The zero-order chi connectivity index (χ0) is 3.58. The molecule has 0 aromatic carbocycles. The zero-order valence-corrected chi connectivity index (χ0v) is 4.67. The van der Waals surface area contributed by atoms with Crippen LogP contribution in [0, 0.1) is 15.3 Å². The topological polar surface area (TPSA) is 66.2 Å². The van der Waals surface area contributed by atoms with E-state index in [2.05, 4.69) is 0 Å². The van der Waals surface area contributed by atoms with Crippen LogP contribution >= 0.6 is 0 Å². The predicted molar refractivity (Wildman–Crippen MR) is 20.3 cm³/mol. The Hall–Kier alpha value is 0.732. The third kappa shape index (κ3) is 123. The van der Waals surface area contributed by atoms with Crippen LogP contribution in [0.5, 0.6) is 0 Å². The van der Waals surface area contributed by atoms with Crippen molar-refractivity contribution < 1.29 is 34.6 Å². The van der Waals surface area contributed by atoms with Crippen LogP contribution in [0.1, 0.15) is 0 Å². The van der Waals surface area contributed by atoms with E-state index in [-0.39, 0.29) is 46.9 Å². The molecule has 0 saturated heterocycles. The molecule has 30 valence electrons. The van der Waals surface area contributed by atoms with Crippen LogP contribution in [0.25, 0.3) is 0 Å². The van der Waals surface area contributed by atoms with E-state index >= 15 is 0 Å². The first kappa shape index (κ1) is 15.9. The molecule has 0 bridgehead atoms. The molecular formula is H3AlNNaO3. The summed E-state index contributed by atoms with van der Waals surface area (Å²) in [5.74, 6) is 0. The number of hydrogen-bond donors (Lipinski definition) is 0. The normalized spacial score (nSPS) is 4.00. The summed E-state index contributed by atoms with van der Waals surface area (Å²) in [5, 5.41) is 14.8. The summed E-state index contributed by atoms with van der Waals surface area (Å²) < 4.78 is 0. The summed E-state index contributed by atoms with van der Waals surface area (Å²) in [5.41, 5.74) is 0. The van der Waals surface area contributed by atoms with Crippen molar-refractivity contribution in [1.82, 2.24) is 0 Å². The van der Waals surface area contributed by atoms with Gasteiger partial charge in [-0.15, -0.1) is 0 Å². The largest absolute Gasteiger partial charge is 1.00 e. The third-order valence-electron chi connectivity index (χ3n) is 0. The van der Waals surface area contributed by atoms with E-state index in [4.69, 9.17) is 15.3 Å². The fraction of sp³-hybridized carbons (Fsp3) is 0. The van der Waals surface area contributed by atoms with Crippen LogP contribution < -0.4 is 29.6 Å². The molecule has 0 aliphatic rings. The van der Waals surface area contributed by atoms with Crippen molar-refractivity contribution in [1.29, 1.82) is 0 Å². The van der Waals surface area contributed by atoms with Gasteiger partial charge in [-0.3, -0.25) is 0 Å². The molecule has 0 aromatic heterocycles. The Kier molecular flexibility index (Phi) is 24.4. The van der Waals surface area contributed by atoms with Crippen molar-refractivity contribution in [2.45, 2.75) is 0 Å². The van der Waals surface area contributed by atoms with E-state index in [0.717, 1.165) is 0 Å². The monoisotopic (exact) mass is 115 g/mol. The van der Waals surface area contributed by atoms with Crippen molar-refractivity contribution in [3.63, 3.8) is 0 Å². The summed E-state index contributed by atoms with van der Waals surface area (Å²) in [4.78, 5) is 8.25. The Bertz CT molecular complexity index is 33.8. The minimum absolute atomic E-state index is 0. The Morgan fingerprint density at radius 3 is 1.33 bits per heavy atom. The number of rotatable bonds is 0. The summed E-state index contributed by atoms with van der Waals surface area (Å²) in [7, 11) is 0. The predicted octanol–water partition coefficient (Wildman–Crippen LogP) is -4.42. The van der Waals surface area contributed by atoms with Crippen molar-refractivity contribution in [2.75, 3.05) is 0 Å². The van der Waals surface area contributed by atoms with Gasteiger partial charge in [0, 0.05) is 0 Å². The van der Waals surface area contributed by atoms with Gasteiger partial charge in [0.1, 0.15) is 0 Å². The van der Waals surface area contributed by atoms with Crippen LogP contribution in [0.4, 0.5) is 0 Å². The van der Waals surface area contributed by atoms with Crippen molar-refractivity contribution in [3.05, 3.63) is 15.3 Å². The van der Waals surface area contributed by atoms with Gasteiger partial charge in [-0.1, -0.05) is 0 Å². The van der Waals surface area contributed by atoms with Gasteiger partial charge in [0.25, 0.3) is 0 Å². The number of hydrogen-bond acceptors (Lipinski definition) is 3. The average Bonchev–Trinajstić information content (AvgIpc) is 0.811. The van der Waals surface area contributed by atoms with E-state index in [9.17, 15) is 0 Å². The van der Waals surface area contributed by atoms with Gasteiger partial charge in [0.15, 0.2) is 17.4 Å². The fourth-order valence-electron chi connectivity index (χ4n) is 0. The summed E-state index contributed by atoms with van der Waals surface area (Å²) in [6.07, 6.45) is 0. The molecule has 0 spiro atoms. The fourth-order valence-corrected chi connectivity index (χ4v) is 0. The van der Waals surface area contributed by atoms with Crippen LogP contribution in [-0.4, -0.2) is 22.4 Å². The molecule has 0 aliphatic heterocycles. The molecule has 0 unspecified atom stereocenters. The second kappa shape index (κ2) is 9.22. The van der Waals surface area contributed by atoms with E-state index in [0.29, 0.717) is 0 Å². The maximum atomic E-state index is 8.25. The van der Waals surface area contributed by atoms with E-state index in [1.807, 2.05) is 0 Å². The van der Waals surface area contributed by atoms with Crippen LogP contribution in [0.15, 0.2) is 0 Å². The second-order valence-electron chi connectivity index (χ2n) is 0.224. The maximum Gasteiger partial charge on any atom is 1.00 e. The van der Waals surface area contributed by atoms with Gasteiger partial charge in [0.05, 0.1) is 5.09 Å². The van der Waals surface area contributed by atoms with Crippen LogP contribution in [-0.2, 0) is 0 Å². The van der Waals surface area contributed by atoms with Gasteiger partial charge in [0.2, 0.25) is 0 Å². The van der Waals surface area contributed by atoms with Gasteiger partial charge >= 0.3 is 29.6 Å². The molecule has 0 rings (SSSR count). The standard InChI is InChI=1S/Al.NO3.Na.3H/c;2-1(3)4;;;;/q;-1;+1;;;. The first-order valence-corrected chi connectivity index (χ1v) is 0.548. The Morgan fingerprint density at radius 2 is 1.33 bits per heavy atom. The Balaban J connectivity index is -0.0000000450. The van der Waals surface area contributed by atoms with Gasteiger partial charge in [-0.25, -0.2) is 0 Å². The molecule has 0 atom stereocenters. The molecular weight excluding hydrogens is 112 g/mol. The first-order chi connectivity index (χ1) is 1.73. The van der Waals surface area contributed by atoms with E-state index < -0.39 is 5.09 Å².